The molecule has 7 heteroatoms. The Hall–Kier alpha value is -3.87. The maximum Gasteiger partial charge on any atom is 0.281 e. The van der Waals surface area contributed by atoms with Crippen molar-refractivity contribution in [2.75, 3.05) is 14.2 Å². The fraction of sp³-hybridized carbons (Fsp3) is 0.208. The second kappa shape index (κ2) is 8.10. The number of amides is 2. The van der Waals surface area contributed by atoms with Gasteiger partial charge in [0.25, 0.3) is 11.8 Å². The molecule has 0 unspecified atom stereocenters. The number of hydrogen-bond donors (Lipinski definition) is 1. The molecule has 2 amide bonds. The van der Waals surface area contributed by atoms with E-state index in [1.807, 2.05) is 31.2 Å². The maximum absolute atomic E-state index is 13.5. The Labute approximate surface area is 180 Å². The summed E-state index contributed by atoms with van der Waals surface area (Å²) in [5, 5.41) is 2.89. The van der Waals surface area contributed by atoms with E-state index in [0.717, 1.165) is 11.1 Å². The van der Waals surface area contributed by atoms with Crippen LogP contribution in [0.4, 0.5) is 0 Å². The van der Waals surface area contributed by atoms with Crippen LogP contribution in [0.5, 0.6) is 11.5 Å². The molecule has 31 heavy (non-hydrogen) atoms. The zero-order valence-electron chi connectivity index (χ0n) is 17.6. The van der Waals surface area contributed by atoms with Crippen molar-refractivity contribution < 1.29 is 19.1 Å². The van der Waals surface area contributed by atoms with Gasteiger partial charge in [-0.05, 0) is 54.5 Å². The Balaban J connectivity index is 1.74. The maximum atomic E-state index is 13.5. The summed E-state index contributed by atoms with van der Waals surface area (Å²) in [6.45, 7) is 1.93. The van der Waals surface area contributed by atoms with Gasteiger partial charge in [-0.3, -0.25) is 14.5 Å². The third-order valence-corrected chi connectivity index (χ3v) is 5.23. The van der Waals surface area contributed by atoms with E-state index in [-0.39, 0.29) is 18.2 Å². The Morgan fingerprint density at radius 2 is 1.84 bits per heavy atom. The minimum absolute atomic E-state index is 0.158. The summed E-state index contributed by atoms with van der Waals surface area (Å²) in [5.74, 6) is 0.927. The van der Waals surface area contributed by atoms with Crippen molar-refractivity contribution in [1.82, 2.24) is 10.2 Å². The van der Waals surface area contributed by atoms with E-state index in [9.17, 15) is 9.59 Å². The van der Waals surface area contributed by atoms with Crippen LogP contribution in [0.3, 0.4) is 0 Å². The molecule has 0 saturated carbocycles. The fourth-order valence-electron chi connectivity index (χ4n) is 3.67. The van der Waals surface area contributed by atoms with Gasteiger partial charge in [-0.15, -0.1) is 0 Å². The van der Waals surface area contributed by atoms with E-state index in [0.29, 0.717) is 22.9 Å². The molecule has 0 bridgehead atoms. The number of nitrogens with zero attached hydrogens (tertiary/aromatic N) is 2. The van der Waals surface area contributed by atoms with Gasteiger partial charge in [-0.1, -0.05) is 24.3 Å². The Bertz CT molecular complexity index is 1120. The second-order valence-electron chi connectivity index (χ2n) is 7.40. The number of carbonyl (C=O) groups excluding carboxylic acids is 2. The van der Waals surface area contributed by atoms with Gasteiger partial charge in [0.2, 0.25) is 5.66 Å². The molecular weight excluding hydrogens is 394 g/mol. The largest absolute Gasteiger partial charge is 0.493 e. The third-order valence-electron chi connectivity index (χ3n) is 5.23. The molecule has 2 heterocycles. The van der Waals surface area contributed by atoms with E-state index >= 15 is 0 Å². The number of aliphatic imine (C=N–C) groups is 1. The molecule has 7 nitrogen and oxygen atoms in total. The molecule has 1 N–H and O–H groups in total. The van der Waals surface area contributed by atoms with E-state index in [2.05, 4.69) is 5.32 Å². The SMILES string of the molecule is COc1ccc(C[C@@]2(NC(=O)c3ccccc3)N=C3C=C(C)C=CN3C2=O)cc1OC. The average molecular weight is 417 g/mol. The van der Waals surface area contributed by atoms with Gasteiger partial charge in [0.1, 0.15) is 5.84 Å². The molecule has 0 fully saturated rings. The van der Waals surface area contributed by atoms with Crippen molar-refractivity contribution >= 4 is 17.6 Å². The molecule has 1 atom stereocenters. The molecule has 4 rings (SSSR count). The summed E-state index contributed by atoms with van der Waals surface area (Å²) in [4.78, 5) is 32.6. The molecule has 158 valence electrons. The van der Waals surface area contributed by atoms with Crippen LogP contribution >= 0.6 is 0 Å². The molecule has 0 radical (unpaired) electrons. The highest BCUT2D eigenvalue weighted by molar-refractivity contribution is 6.15. The summed E-state index contributed by atoms with van der Waals surface area (Å²) >= 11 is 0. The van der Waals surface area contributed by atoms with Crippen LogP contribution in [0.2, 0.25) is 0 Å². The summed E-state index contributed by atoms with van der Waals surface area (Å²) < 4.78 is 10.7. The number of allylic oxidation sites excluding steroid dienone is 2. The van der Waals surface area contributed by atoms with Crippen LogP contribution < -0.4 is 14.8 Å². The fourth-order valence-corrected chi connectivity index (χ4v) is 3.67. The summed E-state index contributed by atoms with van der Waals surface area (Å²) in [6, 6.07) is 14.2. The van der Waals surface area contributed by atoms with Crippen molar-refractivity contribution in [1.29, 1.82) is 0 Å². The van der Waals surface area contributed by atoms with Crippen LogP contribution in [0.15, 0.2) is 77.4 Å². The molecule has 2 aliphatic heterocycles. The standard InChI is InChI=1S/C24H23N3O4/c1-16-11-12-27-21(13-16)25-24(23(27)29,26-22(28)18-7-5-4-6-8-18)15-17-9-10-19(30-2)20(14-17)31-3/h4-14H,15H2,1-3H3,(H,26,28)/t24-/m0/s1. The van der Waals surface area contributed by atoms with Crippen LogP contribution in [0, 0.1) is 0 Å². The quantitative estimate of drug-likeness (QED) is 0.783. The Morgan fingerprint density at radius 1 is 1.10 bits per heavy atom. The van der Waals surface area contributed by atoms with Gasteiger partial charge in [0.15, 0.2) is 11.5 Å². The lowest BCUT2D eigenvalue weighted by Gasteiger charge is -2.27. The number of carbonyl (C=O) groups is 2. The number of benzene rings is 2. The predicted octanol–water partition coefficient (Wildman–Crippen LogP) is 3.09. The van der Waals surface area contributed by atoms with Gasteiger partial charge in [0, 0.05) is 18.2 Å². The topological polar surface area (TPSA) is 80.2 Å². The third kappa shape index (κ3) is 3.82. The Kier molecular flexibility index (Phi) is 5.33. The lowest BCUT2D eigenvalue weighted by molar-refractivity contribution is -0.130. The highest BCUT2D eigenvalue weighted by Gasteiger charge is 2.49. The van der Waals surface area contributed by atoms with E-state index in [4.69, 9.17) is 14.5 Å². The van der Waals surface area contributed by atoms with Crippen molar-refractivity contribution in [3.8, 4) is 11.5 Å². The Morgan fingerprint density at radius 3 is 2.55 bits per heavy atom. The number of amidine groups is 1. The average Bonchev–Trinajstić information content (AvgIpc) is 3.04. The predicted molar refractivity (Wildman–Crippen MR) is 117 cm³/mol. The lowest BCUT2D eigenvalue weighted by atomic mass is 9.98. The molecule has 0 aromatic heterocycles. The summed E-state index contributed by atoms with van der Waals surface area (Å²) in [5.41, 5.74) is 0.717. The highest BCUT2D eigenvalue weighted by atomic mass is 16.5. The molecular formula is C24H23N3O4. The highest BCUT2D eigenvalue weighted by Crippen LogP contribution is 2.33. The van der Waals surface area contributed by atoms with Gasteiger partial charge in [0.05, 0.1) is 14.2 Å². The van der Waals surface area contributed by atoms with Crippen molar-refractivity contribution in [2.45, 2.75) is 19.0 Å². The summed E-state index contributed by atoms with van der Waals surface area (Å²) in [6.07, 6.45) is 5.50. The number of nitrogens with one attached hydrogen (secondary N) is 1. The number of fused-ring (bicyclic) bond motifs is 1. The zero-order chi connectivity index (χ0) is 22.0. The van der Waals surface area contributed by atoms with Crippen LogP contribution in [-0.4, -0.2) is 42.4 Å². The van der Waals surface area contributed by atoms with E-state index < -0.39 is 5.66 Å². The van der Waals surface area contributed by atoms with Gasteiger partial charge in [-0.2, -0.15) is 0 Å². The van der Waals surface area contributed by atoms with Crippen LogP contribution in [-0.2, 0) is 11.2 Å². The van der Waals surface area contributed by atoms with Crippen molar-refractivity contribution in [2.24, 2.45) is 4.99 Å². The summed E-state index contributed by atoms with van der Waals surface area (Å²) in [7, 11) is 3.11. The van der Waals surface area contributed by atoms with Crippen molar-refractivity contribution in [3.63, 3.8) is 0 Å². The number of hydrogen-bond acceptors (Lipinski definition) is 5. The van der Waals surface area contributed by atoms with E-state index in [1.165, 1.54) is 4.90 Å². The molecule has 0 saturated heterocycles. The molecule has 0 aliphatic carbocycles. The lowest BCUT2D eigenvalue weighted by Crippen LogP contribution is -2.55. The molecule has 0 spiro atoms. The first-order valence-corrected chi connectivity index (χ1v) is 9.84. The minimum Gasteiger partial charge on any atom is -0.493 e. The zero-order valence-corrected chi connectivity index (χ0v) is 17.6. The van der Waals surface area contributed by atoms with Crippen LogP contribution in [0.25, 0.3) is 0 Å². The number of methoxy groups -OCH3 is 2. The van der Waals surface area contributed by atoms with Gasteiger partial charge in [-0.25, -0.2) is 4.99 Å². The van der Waals surface area contributed by atoms with Crippen LogP contribution in [0.1, 0.15) is 22.8 Å². The minimum atomic E-state index is -1.48. The normalized spacial score (nSPS) is 19.5. The molecule has 2 aliphatic rings. The smallest absolute Gasteiger partial charge is 0.281 e. The van der Waals surface area contributed by atoms with Gasteiger partial charge < -0.3 is 14.8 Å². The first-order chi connectivity index (χ1) is 15.0. The van der Waals surface area contributed by atoms with E-state index in [1.54, 1.807) is 56.8 Å². The first kappa shape index (κ1) is 20.4. The molecule has 2 aromatic rings. The first-order valence-electron chi connectivity index (χ1n) is 9.84. The second-order valence-corrected chi connectivity index (χ2v) is 7.40. The van der Waals surface area contributed by atoms with Gasteiger partial charge >= 0.3 is 0 Å². The number of rotatable bonds is 6. The monoisotopic (exact) mass is 417 g/mol. The molecule has 2 aromatic carbocycles. The van der Waals surface area contributed by atoms with Crippen molar-refractivity contribution in [3.05, 3.63) is 83.6 Å². The number of ether oxygens (including phenoxy) is 2.